The van der Waals surface area contributed by atoms with Gasteiger partial charge in [-0.05, 0) is 24.6 Å². The molecular formula is C11H13FN2OS. The van der Waals surface area contributed by atoms with Crippen molar-refractivity contribution in [1.82, 2.24) is 5.32 Å². The number of hydrogen-bond donors (Lipinski definition) is 2. The smallest absolute Gasteiger partial charge is 0.224 e. The van der Waals surface area contributed by atoms with Crippen LogP contribution in [0.1, 0.15) is 12.5 Å². The fourth-order valence-electron chi connectivity index (χ4n) is 1.15. The SMILES string of the molecule is CC(NC(=O)Cc1ccc(F)cc1)C(N)=S. The third-order valence-electron chi connectivity index (χ3n) is 2.08. The van der Waals surface area contributed by atoms with Crippen LogP contribution in [0.15, 0.2) is 24.3 Å². The van der Waals surface area contributed by atoms with Crippen LogP contribution in [0.25, 0.3) is 0 Å². The lowest BCUT2D eigenvalue weighted by molar-refractivity contribution is -0.120. The van der Waals surface area contributed by atoms with Gasteiger partial charge in [0.05, 0.1) is 17.5 Å². The Kier molecular flexibility index (Phi) is 4.37. The lowest BCUT2D eigenvalue weighted by atomic mass is 10.1. The van der Waals surface area contributed by atoms with Gasteiger partial charge in [0.25, 0.3) is 0 Å². The van der Waals surface area contributed by atoms with Gasteiger partial charge in [-0.25, -0.2) is 4.39 Å². The van der Waals surface area contributed by atoms with Gasteiger partial charge in [0.1, 0.15) is 5.82 Å². The highest BCUT2D eigenvalue weighted by atomic mass is 32.1. The molecule has 0 bridgehead atoms. The van der Waals surface area contributed by atoms with Crippen LogP contribution in [0.2, 0.25) is 0 Å². The molecule has 1 amide bonds. The highest BCUT2D eigenvalue weighted by Crippen LogP contribution is 2.03. The second-order valence-corrected chi connectivity index (χ2v) is 3.97. The highest BCUT2D eigenvalue weighted by Gasteiger charge is 2.09. The summed E-state index contributed by atoms with van der Waals surface area (Å²) in [6.45, 7) is 1.71. The molecule has 0 saturated carbocycles. The number of amides is 1. The van der Waals surface area contributed by atoms with Crippen LogP contribution in [-0.2, 0) is 11.2 Å². The normalized spacial score (nSPS) is 11.9. The second-order valence-electron chi connectivity index (χ2n) is 3.49. The van der Waals surface area contributed by atoms with Crippen molar-refractivity contribution >= 4 is 23.1 Å². The van der Waals surface area contributed by atoms with Crippen LogP contribution < -0.4 is 11.1 Å². The van der Waals surface area contributed by atoms with Crippen molar-refractivity contribution in [1.29, 1.82) is 0 Å². The molecule has 0 fully saturated rings. The molecule has 0 radical (unpaired) electrons. The zero-order valence-corrected chi connectivity index (χ0v) is 9.68. The van der Waals surface area contributed by atoms with Gasteiger partial charge in [-0.2, -0.15) is 0 Å². The number of carbonyl (C=O) groups excluding carboxylic acids is 1. The monoisotopic (exact) mass is 240 g/mol. The minimum atomic E-state index is -0.331. The second kappa shape index (κ2) is 5.55. The fraction of sp³-hybridized carbons (Fsp3) is 0.273. The molecule has 0 spiro atoms. The number of halogens is 1. The van der Waals surface area contributed by atoms with Crippen LogP contribution in [-0.4, -0.2) is 16.9 Å². The third kappa shape index (κ3) is 3.94. The maximum atomic E-state index is 12.6. The van der Waals surface area contributed by atoms with Gasteiger partial charge in [-0.15, -0.1) is 0 Å². The van der Waals surface area contributed by atoms with Crippen molar-refractivity contribution in [3.05, 3.63) is 35.6 Å². The van der Waals surface area contributed by atoms with E-state index < -0.39 is 0 Å². The number of rotatable bonds is 4. The van der Waals surface area contributed by atoms with E-state index in [1.54, 1.807) is 19.1 Å². The molecule has 1 rings (SSSR count). The van der Waals surface area contributed by atoms with Crippen molar-refractivity contribution in [3.8, 4) is 0 Å². The molecule has 1 aromatic carbocycles. The zero-order valence-electron chi connectivity index (χ0n) is 8.87. The number of carbonyl (C=O) groups is 1. The van der Waals surface area contributed by atoms with Gasteiger partial charge in [0.2, 0.25) is 5.91 Å². The van der Waals surface area contributed by atoms with Gasteiger partial charge in [-0.1, -0.05) is 24.4 Å². The van der Waals surface area contributed by atoms with E-state index in [2.05, 4.69) is 5.32 Å². The summed E-state index contributed by atoms with van der Waals surface area (Å²) in [7, 11) is 0. The largest absolute Gasteiger partial charge is 0.392 e. The number of nitrogens with one attached hydrogen (secondary N) is 1. The number of nitrogens with two attached hydrogens (primary N) is 1. The maximum absolute atomic E-state index is 12.6. The molecule has 86 valence electrons. The van der Waals surface area contributed by atoms with E-state index in [-0.39, 0.29) is 29.2 Å². The van der Waals surface area contributed by atoms with E-state index in [9.17, 15) is 9.18 Å². The summed E-state index contributed by atoms with van der Waals surface area (Å²) in [5.41, 5.74) is 6.11. The summed E-state index contributed by atoms with van der Waals surface area (Å²) in [6.07, 6.45) is 0.188. The molecule has 3 N–H and O–H groups in total. The van der Waals surface area contributed by atoms with Crippen LogP contribution in [0.4, 0.5) is 4.39 Å². The molecule has 1 atom stereocenters. The lowest BCUT2D eigenvalue weighted by Crippen LogP contribution is -2.41. The van der Waals surface area contributed by atoms with Crippen molar-refractivity contribution in [2.24, 2.45) is 5.73 Å². The van der Waals surface area contributed by atoms with Crippen LogP contribution in [0.5, 0.6) is 0 Å². The molecule has 0 aromatic heterocycles. The Balaban J connectivity index is 2.52. The van der Waals surface area contributed by atoms with Gasteiger partial charge in [0, 0.05) is 0 Å². The fourth-order valence-corrected chi connectivity index (χ4v) is 1.21. The van der Waals surface area contributed by atoms with Gasteiger partial charge < -0.3 is 11.1 Å². The quantitative estimate of drug-likeness (QED) is 0.776. The van der Waals surface area contributed by atoms with Crippen molar-refractivity contribution < 1.29 is 9.18 Å². The number of thiocarbonyl (C=S) groups is 1. The Bertz CT molecular complexity index is 391. The van der Waals surface area contributed by atoms with E-state index in [4.69, 9.17) is 18.0 Å². The maximum Gasteiger partial charge on any atom is 0.224 e. The average Bonchev–Trinajstić information content (AvgIpc) is 2.21. The van der Waals surface area contributed by atoms with E-state index in [1.807, 2.05) is 0 Å². The summed E-state index contributed by atoms with van der Waals surface area (Å²) in [4.78, 5) is 11.7. The summed E-state index contributed by atoms with van der Waals surface area (Å²) in [5.74, 6) is -0.507. The van der Waals surface area contributed by atoms with Crippen molar-refractivity contribution in [2.45, 2.75) is 19.4 Å². The van der Waals surface area contributed by atoms with E-state index in [0.717, 1.165) is 5.56 Å². The van der Waals surface area contributed by atoms with E-state index >= 15 is 0 Å². The van der Waals surface area contributed by atoms with Crippen LogP contribution in [0, 0.1) is 5.82 Å². The molecule has 0 saturated heterocycles. The Morgan fingerprint density at radius 3 is 2.56 bits per heavy atom. The molecule has 0 aliphatic rings. The Hall–Kier alpha value is -1.49. The summed E-state index contributed by atoms with van der Waals surface area (Å²) in [5, 5.41) is 2.64. The van der Waals surface area contributed by atoms with Crippen LogP contribution >= 0.6 is 12.2 Å². The first-order valence-electron chi connectivity index (χ1n) is 4.82. The van der Waals surface area contributed by atoms with Crippen molar-refractivity contribution in [3.63, 3.8) is 0 Å². The lowest BCUT2D eigenvalue weighted by Gasteiger charge is -2.11. The standard InChI is InChI=1S/C11H13FN2OS/c1-7(11(13)16)14-10(15)6-8-2-4-9(12)5-3-8/h2-5,7H,6H2,1H3,(H2,13,16)(H,14,15). The predicted octanol–water partition coefficient (Wildman–Crippen LogP) is 1.16. The van der Waals surface area contributed by atoms with E-state index in [1.165, 1.54) is 12.1 Å². The van der Waals surface area contributed by atoms with Crippen LogP contribution in [0.3, 0.4) is 0 Å². The number of benzene rings is 1. The molecule has 5 heteroatoms. The van der Waals surface area contributed by atoms with E-state index in [0.29, 0.717) is 0 Å². The Labute approximate surface area is 98.8 Å². The predicted molar refractivity (Wildman–Crippen MR) is 64.5 cm³/mol. The zero-order chi connectivity index (χ0) is 12.1. The summed E-state index contributed by atoms with van der Waals surface area (Å²) >= 11 is 4.73. The molecule has 3 nitrogen and oxygen atoms in total. The highest BCUT2D eigenvalue weighted by molar-refractivity contribution is 7.80. The van der Waals surface area contributed by atoms with Gasteiger partial charge >= 0.3 is 0 Å². The average molecular weight is 240 g/mol. The number of hydrogen-bond acceptors (Lipinski definition) is 2. The minimum Gasteiger partial charge on any atom is -0.392 e. The van der Waals surface area contributed by atoms with Gasteiger partial charge in [-0.3, -0.25) is 4.79 Å². The molecule has 1 aromatic rings. The first-order valence-corrected chi connectivity index (χ1v) is 5.23. The molecular weight excluding hydrogens is 227 g/mol. The molecule has 0 heterocycles. The summed E-state index contributed by atoms with van der Waals surface area (Å²) in [6, 6.07) is 5.45. The molecule has 16 heavy (non-hydrogen) atoms. The summed E-state index contributed by atoms with van der Waals surface area (Å²) < 4.78 is 12.6. The molecule has 1 unspecified atom stereocenters. The van der Waals surface area contributed by atoms with Crippen molar-refractivity contribution in [2.75, 3.05) is 0 Å². The first kappa shape index (κ1) is 12.6. The molecule has 0 aliphatic carbocycles. The Morgan fingerprint density at radius 1 is 1.50 bits per heavy atom. The third-order valence-corrected chi connectivity index (χ3v) is 2.44. The molecule has 0 aliphatic heterocycles. The first-order chi connectivity index (χ1) is 7.49. The topological polar surface area (TPSA) is 55.1 Å². The van der Waals surface area contributed by atoms with Gasteiger partial charge in [0.15, 0.2) is 0 Å². The Morgan fingerprint density at radius 2 is 2.06 bits per heavy atom. The minimum absolute atomic E-state index is 0.188.